The number of aryl methyl sites for hydroxylation is 1. The predicted octanol–water partition coefficient (Wildman–Crippen LogP) is 3.35. The lowest BCUT2D eigenvalue weighted by molar-refractivity contribution is 0.0857. The summed E-state index contributed by atoms with van der Waals surface area (Å²) in [6, 6.07) is 5.33. The second kappa shape index (κ2) is 5.22. The highest BCUT2D eigenvalue weighted by Gasteiger charge is 2.44. The SMILES string of the molecule is CCNC(c1cc(F)ccc1C)C1CC2CCC1O2. The third kappa shape index (κ3) is 2.41. The zero-order valence-corrected chi connectivity index (χ0v) is 11.7. The van der Waals surface area contributed by atoms with Gasteiger partial charge < -0.3 is 10.1 Å². The maximum atomic E-state index is 13.6. The first-order chi connectivity index (χ1) is 9.19. The van der Waals surface area contributed by atoms with Gasteiger partial charge in [-0.05, 0) is 56.0 Å². The molecule has 2 fully saturated rings. The molecule has 4 unspecified atom stereocenters. The molecule has 2 nitrogen and oxygen atoms in total. The fourth-order valence-corrected chi connectivity index (χ4v) is 3.69. The molecule has 1 N–H and O–H groups in total. The Labute approximate surface area is 114 Å². The lowest BCUT2D eigenvalue weighted by Gasteiger charge is -2.30. The highest BCUT2D eigenvalue weighted by molar-refractivity contribution is 5.31. The number of ether oxygens (including phenoxy) is 1. The van der Waals surface area contributed by atoms with Crippen molar-refractivity contribution in [1.82, 2.24) is 5.32 Å². The maximum absolute atomic E-state index is 13.6. The zero-order chi connectivity index (χ0) is 13.4. The minimum atomic E-state index is -0.146. The van der Waals surface area contributed by atoms with Crippen molar-refractivity contribution in [3.05, 3.63) is 35.1 Å². The van der Waals surface area contributed by atoms with Gasteiger partial charge in [0.15, 0.2) is 0 Å². The molecule has 3 rings (SSSR count). The van der Waals surface area contributed by atoms with E-state index in [0.29, 0.717) is 18.1 Å². The van der Waals surface area contributed by atoms with Gasteiger partial charge in [0.1, 0.15) is 5.82 Å². The van der Waals surface area contributed by atoms with E-state index in [4.69, 9.17) is 4.74 Å². The van der Waals surface area contributed by atoms with Crippen LogP contribution in [0.5, 0.6) is 0 Å². The number of hydrogen-bond donors (Lipinski definition) is 1. The maximum Gasteiger partial charge on any atom is 0.123 e. The largest absolute Gasteiger partial charge is 0.375 e. The molecule has 2 heterocycles. The molecule has 1 aromatic rings. The van der Waals surface area contributed by atoms with Gasteiger partial charge >= 0.3 is 0 Å². The molecule has 1 aromatic carbocycles. The van der Waals surface area contributed by atoms with Crippen LogP contribution in [0.15, 0.2) is 18.2 Å². The molecule has 0 radical (unpaired) electrons. The molecule has 2 saturated heterocycles. The molecule has 0 aliphatic carbocycles. The number of nitrogens with one attached hydrogen (secondary N) is 1. The molecular formula is C16H22FNO. The highest BCUT2D eigenvalue weighted by Crippen LogP contribution is 2.45. The molecule has 2 aliphatic rings. The topological polar surface area (TPSA) is 21.3 Å². The van der Waals surface area contributed by atoms with E-state index in [0.717, 1.165) is 30.5 Å². The summed E-state index contributed by atoms with van der Waals surface area (Å²) < 4.78 is 19.5. The van der Waals surface area contributed by atoms with Gasteiger partial charge in [0.25, 0.3) is 0 Å². The van der Waals surface area contributed by atoms with Crippen molar-refractivity contribution in [2.24, 2.45) is 5.92 Å². The second-order valence-corrected chi connectivity index (χ2v) is 5.81. The first-order valence-corrected chi connectivity index (χ1v) is 7.34. The number of hydrogen-bond acceptors (Lipinski definition) is 2. The van der Waals surface area contributed by atoms with Crippen LogP contribution in [0, 0.1) is 18.7 Å². The molecule has 19 heavy (non-hydrogen) atoms. The van der Waals surface area contributed by atoms with Crippen molar-refractivity contribution in [2.75, 3.05) is 6.54 Å². The van der Waals surface area contributed by atoms with Gasteiger partial charge in [-0.2, -0.15) is 0 Å². The van der Waals surface area contributed by atoms with Crippen molar-refractivity contribution >= 4 is 0 Å². The standard InChI is InChI=1S/C16H22FNO/c1-3-18-16(13-8-11(17)5-4-10(13)2)14-9-12-6-7-15(14)19-12/h4-5,8,12,14-16,18H,3,6-7,9H2,1-2H3. The van der Waals surface area contributed by atoms with Gasteiger partial charge in [-0.25, -0.2) is 4.39 Å². The zero-order valence-electron chi connectivity index (χ0n) is 11.7. The lowest BCUT2D eigenvalue weighted by Crippen LogP contribution is -2.34. The van der Waals surface area contributed by atoms with E-state index in [2.05, 4.69) is 19.2 Å². The van der Waals surface area contributed by atoms with Crippen LogP contribution in [-0.2, 0) is 4.74 Å². The molecular weight excluding hydrogens is 241 g/mol. The predicted molar refractivity (Wildman–Crippen MR) is 73.6 cm³/mol. The Kier molecular flexibility index (Phi) is 3.59. The smallest absolute Gasteiger partial charge is 0.123 e. The third-order valence-electron chi connectivity index (χ3n) is 4.58. The molecule has 0 spiro atoms. The van der Waals surface area contributed by atoms with E-state index in [1.165, 1.54) is 6.42 Å². The third-order valence-corrected chi connectivity index (χ3v) is 4.58. The normalized spacial score (nSPS) is 30.8. The Balaban J connectivity index is 1.90. The van der Waals surface area contributed by atoms with E-state index in [1.807, 2.05) is 6.07 Å². The number of rotatable bonds is 4. The number of fused-ring (bicyclic) bond motifs is 2. The monoisotopic (exact) mass is 263 g/mol. The molecule has 0 aromatic heterocycles. The van der Waals surface area contributed by atoms with Gasteiger partial charge in [0, 0.05) is 12.0 Å². The average molecular weight is 263 g/mol. The van der Waals surface area contributed by atoms with Crippen LogP contribution in [0.2, 0.25) is 0 Å². The second-order valence-electron chi connectivity index (χ2n) is 5.81. The van der Waals surface area contributed by atoms with Gasteiger partial charge in [-0.15, -0.1) is 0 Å². The van der Waals surface area contributed by atoms with Crippen molar-refractivity contribution in [3.8, 4) is 0 Å². The van der Waals surface area contributed by atoms with E-state index in [1.54, 1.807) is 12.1 Å². The minimum Gasteiger partial charge on any atom is -0.375 e. The Morgan fingerprint density at radius 1 is 1.42 bits per heavy atom. The van der Waals surface area contributed by atoms with Crippen molar-refractivity contribution in [3.63, 3.8) is 0 Å². The summed E-state index contributed by atoms with van der Waals surface area (Å²) in [6.45, 7) is 5.07. The van der Waals surface area contributed by atoms with Gasteiger partial charge in [-0.1, -0.05) is 13.0 Å². The number of benzene rings is 1. The van der Waals surface area contributed by atoms with Gasteiger partial charge in [0.2, 0.25) is 0 Å². The fraction of sp³-hybridized carbons (Fsp3) is 0.625. The molecule has 104 valence electrons. The quantitative estimate of drug-likeness (QED) is 0.899. The Morgan fingerprint density at radius 3 is 2.89 bits per heavy atom. The van der Waals surface area contributed by atoms with Crippen molar-refractivity contribution < 1.29 is 9.13 Å². The molecule has 0 amide bonds. The summed E-state index contributed by atoms with van der Waals surface area (Å²) >= 11 is 0. The Bertz CT molecular complexity index is 462. The van der Waals surface area contributed by atoms with E-state index < -0.39 is 0 Å². The number of halogens is 1. The van der Waals surface area contributed by atoms with Crippen LogP contribution < -0.4 is 5.32 Å². The van der Waals surface area contributed by atoms with Gasteiger partial charge in [0.05, 0.1) is 12.2 Å². The van der Waals surface area contributed by atoms with Crippen molar-refractivity contribution in [2.45, 2.75) is 51.4 Å². The van der Waals surface area contributed by atoms with Crippen LogP contribution in [0.3, 0.4) is 0 Å². The summed E-state index contributed by atoms with van der Waals surface area (Å²) in [6.07, 6.45) is 4.26. The average Bonchev–Trinajstić information content (AvgIpc) is 3.01. The molecule has 2 aliphatic heterocycles. The fourth-order valence-electron chi connectivity index (χ4n) is 3.69. The summed E-state index contributed by atoms with van der Waals surface area (Å²) in [7, 11) is 0. The first kappa shape index (κ1) is 13.1. The molecule has 4 atom stereocenters. The van der Waals surface area contributed by atoms with Crippen LogP contribution >= 0.6 is 0 Å². The van der Waals surface area contributed by atoms with Crippen molar-refractivity contribution in [1.29, 1.82) is 0 Å². The Hall–Kier alpha value is -0.930. The van der Waals surface area contributed by atoms with E-state index >= 15 is 0 Å². The Morgan fingerprint density at radius 2 is 2.26 bits per heavy atom. The highest BCUT2D eigenvalue weighted by atomic mass is 19.1. The molecule has 0 saturated carbocycles. The van der Waals surface area contributed by atoms with E-state index in [9.17, 15) is 4.39 Å². The van der Waals surface area contributed by atoms with Crippen LogP contribution in [0.1, 0.15) is 43.4 Å². The lowest BCUT2D eigenvalue weighted by atomic mass is 9.80. The molecule has 2 bridgehead atoms. The summed E-state index contributed by atoms with van der Waals surface area (Å²) in [5, 5.41) is 3.55. The first-order valence-electron chi connectivity index (χ1n) is 7.34. The van der Waals surface area contributed by atoms with Gasteiger partial charge in [-0.3, -0.25) is 0 Å². The molecule has 3 heteroatoms. The minimum absolute atomic E-state index is 0.146. The summed E-state index contributed by atoms with van der Waals surface area (Å²) in [5.41, 5.74) is 2.26. The summed E-state index contributed by atoms with van der Waals surface area (Å²) in [5.74, 6) is 0.340. The summed E-state index contributed by atoms with van der Waals surface area (Å²) in [4.78, 5) is 0. The van der Waals surface area contributed by atoms with Crippen LogP contribution in [0.25, 0.3) is 0 Å². The van der Waals surface area contributed by atoms with Crippen LogP contribution in [-0.4, -0.2) is 18.8 Å². The van der Waals surface area contributed by atoms with Crippen LogP contribution in [0.4, 0.5) is 4.39 Å². The van der Waals surface area contributed by atoms with E-state index in [-0.39, 0.29) is 11.9 Å².